The predicted octanol–water partition coefficient (Wildman–Crippen LogP) is 4.09. The number of hydrogen-bond acceptors (Lipinski definition) is 5. The zero-order chi connectivity index (χ0) is 23.4. The van der Waals surface area contributed by atoms with Gasteiger partial charge in [-0.15, -0.1) is 0 Å². The summed E-state index contributed by atoms with van der Waals surface area (Å²) in [6, 6.07) is 18.6. The highest BCUT2D eigenvalue weighted by Gasteiger charge is 2.22. The van der Waals surface area contributed by atoms with Crippen LogP contribution in [0, 0.1) is 0 Å². The van der Waals surface area contributed by atoms with Gasteiger partial charge in [0.2, 0.25) is 0 Å². The minimum absolute atomic E-state index is 0.0932. The molecule has 0 saturated heterocycles. The summed E-state index contributed by atoms with van der Waals surface area (Å²) in [5.41, 5.74) is 3.19. The van der Waals surface area contributed by atoms with E-state index in [2.05, 4.69) is 4.72 Å². The number of ether oxygens (including phenoxy) is 2. The van der Waals surface area contributed by atoms with Gasteiger partial charge in [0.05, 0.1) is 18.6 Å². The van der Waals surface area contributed by atoms with Gasteiger partial charge in [-0.25, -0.2) is 8.42 Å². The molecule has 0 spiro atoms. The summed E-state index contributed by atoms with van der Waals surface area (Å²) in [4.78, 5) is 14.9. The van der Waals surface area contributed by atoms with Crippen molar-refractivity contribution >= 4 is 21.6 Å². The van der Waals surface area contributed by atoms with E-state index in [9.17, 15) is 13.2 Å². The summed E-state index contributed by atoms with van der Waals surface area (Å²) in [6.07, 6.45) is 0.783. The van der Waals surface area contributed by atoms with Gasteiger partial charge in [-0.05, 0) is 85.1 Å². The van der Waals surface area contributed by atoms with Gasteiger partial charge in [-0.3, -0.25) is 9.52 Å². The number of anilines is 1. The van der Waals surface area contributed by atoms with Crippen molar-refractivity contribution in [2.24, 2.45) is 0 Å². The van der Waals surface area contributed by atoms with Crippen molar-refractivity contribution in [2.75, 3.05) is 25.0 Å². The average Bonchev–Trinajstić information content (AvgIpc) is 2.83. The van der Waals surface area contributed by atoms with Crippen LogP contribution in [0.2, 0.25) is 0 Å². The fraction of sp³-hybridized carbons (Fsp3) is 0.240. The molecule has 4 rings (SSSR count). The number of methoxy groups -OCH3 is 1. The molecule has 7 nitrogen and oxygen atoms in total. The van der Waals surface area contributed by atoms with Crippen molar-refractivity contribution in [1.29, 1.82) is 0 Å². The molecule has 0 aromatic heterocycles. The van der Waals surface area contributed by atoms with Crippen molar-refractivity contribution < 1.29 is 22.7 Å². The van der Waals surface area contributed by atoms with Gasteiger partial charge < -0.3 is 14.4 Å². The summed E-state index contributed by atoms with van der Waals surface area (Å²) < 4.78 is 38.5. The van der Waals surface area contributed by atoms with Crippen molar-refractivity contribution in [2.45, 2.75) is 24.8 Å². The molecule has 3 aromatic carbocycles. The van der Waals surface area contributed by atoms with Crippen LogP contribution < -0.4 is 14.2 Å². The maximum atomic E-state index is 13.0. The molecule has 0 unspecified atom stereocenters. The van der Waals surface area contributed by atoms with Crippen LogP contribution in [-0.2, 0) is 23.0 Å². The summed E-state index contributed by atoms with van der Waals surface area (Å²) in [6.45, 7) is 3.51. The van der Waals surface area contributed by atoms with Crippen molar-refractivity contribution in [3.8, 4) is 11.5 Å². The molecule has 0 saturated carbocycles. The van der Waals surface area contributed by atoms with Gasteiger partial charge in [0, 0.05) is 24.3 Å². The zero-order valence-corrected chi connectivity index (χ0v) is 19.4. The van der Waals surface area contributed by atoms with Crippen LogP contribution >= 0.6 is 0 Å². The Kier molecular flexibility index (Phi) is 6.55. The van der Waals surface area contributed by atoms with Gasteiger partial charge >= 0.3 is 0 Å². The van der Waals surface area contributed by atoms with Crippen LogP contribution in [0.15, 0.2) is 71.6 Å². The first kappa shape index (κ1) is 22.7. The van der Waals surface area contributed by atoms with E-state index in [1.807, 2.05) is 25.1 Å². The van der Waals surface area contributed by atoms with E-state index in [1.165, 1.54) is 17.7 Å². The summed E-state index contributed by atoms with van der Waals surface area (Å²) in [5.74, 6) is 1.29. The first-order valence-corrected chi connectivity index (χ1v) is 12.2. The van der Waals surface area contributed by atoms with E-state index in [0.717, 1.165) is 17.7 Å². The Morgan fingerprint density at radius 3 is 2.33 bits per heavy atom. The third-order valence-electron chi connectivity index (χ3n) is 5.54. The molecular formula is C25H26N2O5S. The lowest BCUT2D eigenvalue weighted by Gasteiger charge is -2.29. The number of amides is 1. The molecule has 0 fully saturated rings. The monoisotopic (exact) mass is 466 g/mol. The van der Waals surface area contributed by atoms with Gasteiger partial charge in [-0.2, -0.15) is 0 Å². The van der Waals surface area contributed by atoms with Gasteiger partial charge in [-0.1, -0.05) is 6.07 Å². The quantitative estimate of drug-likeness (QED) is 0.567. The van der Waals surface area contributed by atoms with E-state index < -0.39 is 10.0 Å². The molecule has 33 heavy (non-hydrogen) atoms. The lowest BCUT2D eigenvalue weighted by molar-refractivity contribution is 0.0734. The van der Waals surface area contributed by atoms with Crippen LogP contribution in [0.3, 0.4) is 0 Å². The van der Waals surface area contributed by atoms with Crippen LogP contribution in [0.5, 0.6) is 11.5 Å². The summed E-state index contributed by atoms with van der Waals surface area (Å²) >= 11 is 0. The summed E-state index contributed by atoms with van der Waals surface area (Å²) in [7, 11) is -2.13. The molecule has 3 aromatic rings. The first-order chi connectivity index (χ1) is 15.9. The molecule has 8 heteroatoms. The van der Waals surface area contributed by atoms with E-state index in [1.54, 1.807) is 48.4 Å². The normalized spacial score (nSPS) is 13.2. The number of sulfonamides is 1. The number of carbonyl (C=O) groups excluding carboxylic acids is 1. The van der Waals surface area contributed by atoms with Crippen molar-refractivity contribution in [3.63, 3.8) is 0 Å². The molecular weight excluding hydrogens is 440 g/mol. The largest absolute Gasteiger partial charge is 0.497 e. The predicted molar refractivity (Wildman–Crippen MR) is 126 cm³/mol. The first-order valence-electron chi connectivity index (χ1n) is 10.7. The lowest BCUT2D eigenvalue weighted by atomic mass is 9.99. The fourth-order valence-electron chi connectivity index (χ4n) is 3.79. The Bertz CT molecular complexity index is 1240. The van der Waals surface area contributed by atoms with Gasteiger partial charge in [0.1, 0.15) is 11.5 Å². The number of benzene rings is 3. The average molecular weight is 467 g/mol. The number of nitrogens with one attached hydrogen (secondary N) is 1. The highest BCUT2D eigenvalue weighted by Crippen LogP contribution is 2.25. The Morgan fingerprint density at radius 2 is 1.67 bits per heavy atom. The molecule has 0 bridgehead atoms. The second kappa shape index (κ2) is 9.54. The van der Waals surface area contributed by atoms with Crippen LogP contribution in [0.4, 0.5) is 5.69 Å². The van der Waals surface area contributed by atoms with Gasteiger partial charge in [0.25, 0.3) is 15.9 Å². The fourth-order valence-corrected chi connectivity index (χ4v) is 4.85. The highest BCUT2D eigenvalue weighted by molar-refractivity contribution is 7.92. The standard InChI is InChI=1S/C25H26N2O5S/c1-3-32-22-10-12-24(13-11-22)33(29,30)26-21-7-4-19(5-8-21)25(28)27-15-14-18-6-9-23(31-2)16-20(18)17-27/h4-13,16,26H,3,14-15,17H2,1-2H3. The molecule has 172 valence electrons. The minimum atomic E-state index is -3.75. The molecule has 1 heterocycles. The van der Waals surface area contributed by atoms with Crippen LogP contribution in [0.25, 0.3) is 0 Å². The molecule has 1 aliphatic heterocycles. The Balaban J connectivity index is 1.44. The maximum Gasteiger partial charge on any atom is 0.261 e. The Morgan fingerprint density at radius 1 is 0.970 bits per heavy atom. The lowest BCUT2D eigenvalue weighted by Crippen LogP contribution is -2.35. The van der Waals surface area contributed by atoms with E-state index >= 15 is 0 Å². The van der Waals surface area contributed by atoms with Crippen molar-refractivity contribution in [3.05, 3.63) is 83.4 Å². The van der Waals surface area contributed by atoms with Crippen molar-refractivity contribution in [1.82, 2.24) is 4.90 Å². The van der Waals surface area contributed by atoms with Gasteiger partial charge in [0.15, 0.2) is 0 Å². The van der Waals surface area contributed by atoms with E-state index in [-0.39, 0.29) is 10.8 Å². The molecule has 0 aliphatic carbocycles. The summed E-state index contributed by atoms with van der Waals surface area (Å²) in [5, 5.41) is 0. The zero-order valence-electron chi connectivity index (χ0n) is 18.6. The number of nitrogens with zero attached hydrogens (tertiary/aromatic N) is 1. The molecule has 1 N–H and O–H groups in total. The van der Waals surface area contributed by atoms with Crippen LogP contribution in [0.1, 0.15) is 28.4 Å². The second-order valence-electron chi connectivity index (χ2n) is 7.70. The highest BCUT2D eigenvalue weighted by atomic mass is 32.2. The molecule has 1 amide bonds. The number of fused-ring (bicyclic) bond motifs is 1. The molecule has 0 atom stereocenters. The van der Waals surface area contributed by atoms with E-state index in [0.29, 0.717) is 36.7 Å². The molecule has 0 radical (unpaired) electrons. The topological polar surface area (TPSA) is 84.9 Å². The van der Waals surface area contributed by atoms with E-state index in [4.69, 9.17) is 9.47 Å². The number of hydrogen-bond donors (Lipinski definition) is 1. The SMILES string of the molecule is CCOc1ccc(S(=O)(=O)Nc2ccc(C(=O)N3CCc4ccc(OC)cc4C3)cc2)cc1. The molecule has 1 aliphatic rings. The number of rotatable bonds is 7. The third-order valence-corrected chi connectivity index (χ3v) is 6.94. The third kappa shape index (κ3) is 5.12. The Labute approximate surface area is 194 Å². The van der Waals surface area contributed by atoms with Crippen LogP contribution in [-0.4, -0.2) is 39.5 Å². The number of carbonyl (C=O) groups is 1. The smallest absolute Gasteiger partial charge is 0.261 e. The minimum Gasteiger partial charge on any atom is -0.497 e. The second-order valence-corrected chi connectivity index (χ2v) is 9.38. The Hall–Kier alpha value is -3.52. The maximum absolute atomic E-state index is 13.0.